The average Bonchev–Trinajstić information content (AvgIpc) is 3.61. The van der Waals surface area contributed by atoms with Gasteiger partial charge < -0.3 is 10.2 Å². The molecule has 0 spiro atoms. The van der Waals surface area contributed by atoms with E-state index in [0.29, 0.717) is 35.7 Å². The summed E-state index contributed by atoms with van der Waals surface area (Å²) in [5.41, 5.74) is 2.83. The molecule has 1 aliphatic heterocycles. The van der Waals surface area contributed by atoms with E-state index >= 15 is 0 Å². The Balaban J connectivity index is 1.38. The third-order valence-electron chi connectivity index (χ3n) is 7.93. The minimum Gasteiger partial charge on any atom is -0.350 e. The lowest BCUT2D eigenvalue weighted by Crippen LogP contribution is -2.43. The Labute approximate surface area is 268 Å². The second-order valence-corrected chi connectivity index (χ2v) is 13.4. The number of carbonyl (C=O) groups is 2. The first-order chi connectivity index (χ1) is 21.7. The molecule has 4 aromatic rings. The third kappa shape index (κ3) is 8.16. The fraction of sp³-hybridized carbons (Fsp3) is 0.257. The van der Waals surface area contributed by atoms with Crippen molar-refractivity contribution in [3.05, 3.63) is 136 Å². The van der Waals surface area contributed by atoms with Crippen molar-refractivity contribution in [3.63, 3.8) is 0 Å². The van der Waals surface area contributed by atoms with Gasteiger partial charge in [-0.3, -0.25) is 9.59 Å². The van der Waals surface area contributed by atoms with Crippen LogP contribution in [0.5, 0.6) is 0 Å². The number of halogens is 2. The highest BCUT2D eigenvalue weighted by atomic mass is 35.5. The average molecular weight is 648 g/mol. The number of nitrogens with one attached hydrogen (secondary N) is 1. The van der Waals surface area contributed by atoms with Gasteiger partial charge >= 0.3 is 0 Å². The van der Waals surface area contributed by atoms with Crippen molar-refractivity contribution in [2.24, 2.45) is 0 Å². The molecular formula is C35H35ClFN3O4S. The zero-order valence-electron chi connectivity index (χ0n) is 24.7. The first-order valence-corrected chi connectivity index (χ1v) is 16.7. The first-order valence-electron chi connectivity index (χ1n) is 14.9. The van der Waals surface area contributed by atoms with E-state index < -0.39 is 21.9 Å². The highest BCUT2D eigenvalue weighted by Crippen LogP contribution is 2.27. The van der Waals surface area contributed by atoms with Crippen LogP contribution in [-0.4, -0.2) is 42.5 Å². The number of amides is 2. The van der Waals surface area contributed by atoms with Crippen molar-refractivity contribution in [2.75, 3.05) is 13.1 Å². The van der Waals surface area contributed by atoms with Crippen molar-refractivity contribution < 1.29 is 22.4 Å². The van der Waals surface area contributed by atoms with Crippen LogP contribution in [0, 0.1) is 5.82 Å². The number of carbonyl (C=O) groups excluding carboxylic acids is 2. The van der Waals surface area contributed by atoms with Crippen LogP contribution in [0.2, 0.25) is 5.02 Å². The number of nitrogens with zero attached hydrogens (tertiary/aromatic N) is 2. The molecule has 1 heterocycles. The maximum absolute atomic E-state index is 14.0. The summed E-state index contributed by atoms with van der Waals surface area (Å²) in [4.78, 5) is 29.6. The largest absolute Gasteiger partial charge is 0.350 e. The molecular weight excluding hydrogens is 613 g/mol. The zero-order valence-corrected chi connectivity index (χ0v) is 26.3. The Bertz CT molecular complexity index is 1710. The van der Waals surface area contributed by atoms with Crippen molar-refractivity contribution in [1.29, 1.82) is 0 Å². The Kier molecular flexibility index (Phi) is 10.7. The Morgan fingerprint density at radius 3 is 2.13 bits per heavy atom. The number of hydrogen-bond acceptors (Lipinski definition) is 4. The molecule has 0 aromatic heterocycles. The van der Waals surface area contributed by atoms with Crippen LogP contribution < -0.4 is 5.32 Å². The van der Waals surface area contributed by atoms with Gasteiger partial charge in [-0.05, 0) is 71.8 Å². The van der Waals surface area contributed by atoms with E-state index in [4.69, 9.17) is 11.6 Å². The Morgan fingerprint density at radius 2 is 1.47 bits per heavy atom. The van der Waals surface area contributed by atoms with E-state index in [1.54, 1.807) is 54.6 Å². The standard InChI is InChI=1S/C35H35ClFN3O4S/c36-32-11-5-4-10-29(32)24-38-35(42)34(28-8-2-1-3-9-28)40(25-27-12-17-30(37)18-13-27)33(41)21-16-26-14-19-31(20-15-26)45(43,44)39-22-6-7-23-39/h1-5,8-15,17-20,34H,6-7,16,21-25H2,(H,38,42)/t34-/m1/s1. The normalized spacial score (nSPS) is 14.2. The van der Waals surface area contributed by atoms with E-state index in [1.165, 1.54) is 21.3 Å². The molecule has 1 aliphatic rings. The van der Waals surface area contributed by atoms with E-state index in [-0.39, 0.29) is 36.2 Å². The summed E-state index contributed by atoms with van der Waals surface area (Å²) < 4.78 is 41.1. The molecule has 0 radical (unpaired) electrons. The molecule has 1 saturated heterocycles. The number of hydrogen-bond donors (Lipinski definition) is 1. The van der Waals surface area contributed by atoms with Gasteiger partial charge in [0.1, 0.15) is 11.9 Å². The van der Waals surface area contributed by atoms with Crippen LogP contribution in [0.4, 0.5) is 4.39 Å². The van der Waals surface area contributed by atoms with Crippen molar-refractivity contribution >= 4 is 33.4 Å². The number of benzene rings is 4. The van der Waals surface area contributed by atoms with Crippen LogP contribution in [0.15, 0.2) is 108 Å². The van der Waals surface area contributed by atoms with E-state index in [2.05, 4.69) is 5.32 Å². The summed E-state index contributed by atoms with van der Waals surface area (Å²) in [7, 11) is -3.54. The number of sulfonamides is 1. The number of aryl methyl sites for hydroxylation is 1. The number of rotatable bonds is 12. The predicted molar refractivity (Wildman–Crippen MR) is 172 cm³/mol. The molecule has 7 nitrogen and oxygen atoms in total. The zero-order chi connectivity index (χ0) is 31.8. The molecule has 0 unspecified atom stereocenters. The fourth-order valence-corrected chi connectivity index (χ4v) is 7.16. The molecule has 0 aliphatic carbocycles. The minimum absolute atomic E-state index is 0.0700. The highest BCUT2D eigenvalue weighted by molar-refractivity contribution is 7.89. The van der Waals surface area contributed by atoms with Crippen LogP contribution in [-0.2, 0) is 39.1 Å². The summed E-state index contributed by atoms with van der Waals surface area (Å²) in [6.07, 6.45) is 2.12. The molecule has 234 valence electrons. The van der Waals surface area contributed by atoms with Crippen LogP contribution in [0.25, 0.3) is 0 Å². The van der Waals surface area contributed by atoms with Gasteiger partial charge in [-0.15, -0.1) is 0 Å². The van der Waals surface area contributed by atoms with Gasteiger partial charge in [0, 0.05) is 37.6 Å². The van der Waals surface area contributed by atoms with E-state index in [9.17, 15) is 22.4 Å². The molecule has 10 heteroatoms. The molecule has 1 atom stereocenters. The lowest BCUT2D eigenvalue weighted by Gasteiger charge is -2.32. The topological polar surface area (TPSA) is 86.8 Å². The maximum atomic E-state index is 14.0. The van der Waals surface area contributed by atoms with Gasteiger partial charge in [0.2, 0.25) is 21.8 Å². The lowest BCUT2D eigenvalue weighted by molar-refractivity contribution is -0.141. The van der Waals surface area contributed by atoms with Gasteiger partial charge in [0.15, 0.2) is 0 Å². The first kappa shape index (κ1) is 32.3. The molecule has 1 fully saturated rings. The third-order valence-corrected chi connectivity index (χ3v) is 10.2. The quantitative estimate of drug-likeness (QED) is 0.196. The molecule has 45 heavy (non-hydrogen) atoms. The van der Waals surface area contributed by atoms with Gasteiger partial charge in [0.25, 0.3) is 0 Å². The van der Waals surface area contributed by atoms with Crippen molar-refractivity contribution in [1.82, 2.24) is 14.5 Å². The van der Waals surface area contributed by atoms with Gasteiger partial charge in [-0.25, -0.2) is 12.8 Å². The van der Waals surface area contributed by atoms with E-state index in [0.717, 1.165) is 24.0 Å². The monoisotopic (exact) mass is 647 g/mol. The van der Waals surface area contributed by atoms with Crippen LogP contribution >= 0.6 is 11.6 Å². The minimum atomic E-state index is -3.54. The summed E-state index contributed by atoms with van der Waals surface area (Å²) >= 11 is 6.32. The Hall–Kier alpha value is -4.05. The molecule has 2 amide bonds. The summed E-state index contributed by atoms with van der Waals surface area (Å²) in [5.74, 6) is -1.06. The second kappa shape index (κ2) is 14.8. The smallest absolute Gasteiger partial charge is 0.247 e. The predicted octanol–water partition coefficient (Wildman–Crippen LogP) is 6.28. The Morgan fingerprint density at radius 1 is 0.844 bits per heavy atom. The molecule has 0 saturated carbocycles. The van der Waals surface area contributed by atoms with Crippen molar-refractivity contribution in [2.45, 2.75) is 49.7 Å². The summed E-state index contributed by atoms with van der Waals surface area (Å²) in [6, 6.07) is 27.7. The van der Waals surface area contributed by atoms with Crippen LogP contribution in [0.3, 0.4) is 0 Å². The maximum Gasteiger partial charge on any atom is 0.247 e. The second-order valence-electron chi connectivity index (χ2n) is 11.0. The molecule has 1 N–H and O–H groups in total. The van der Waals surface area contributed by atoms with Crippen LogP contribution in [0.1, 0.15) is 47.6 Å². The van der Waals surface area contributed by atoms with Gasteiger partial charge in [-0.1, -0.05) is 84.4 Å². The van der Waals surface area contributed by atoms with Gasteiger partial charge in [-0.2, -0.15) is 4.31 Å². The molecule has 5 rings (SSSR count). The summed E-state index contributed by atoms with van der Waals surface area (Å²) in [6.45, 7) is 1.30. The SMILES string of the molecule is O=C(NCc1ccccc1Cl)[C@@H](c1ccccc1)N(Cc1ccc(F)cc1)C(=O)CCc1ccc(S(=O)(=O)N2CCCC2)cc1. The molecule has 0 bridgehead atoms. The van der Waals surface area contributed by atoms with E-state index in [1.807, 2.05) is 36.4 Å². The fourth-order valence-electron chi connectivity index (χ4n) is 5.44. The molecule has 4 aromatic carbocycles. The lowest BCUT2D eigenvalue weighted by atomic mass is 10.0. The van der Waals surface area contributed by atoms with Gasteiger partial charge in [0.05, 0.1) is 4.90 Å². The summed E-state index contributed by atoms with van der Waals surface area (Å²) in [5, 5.41) is 3.47. The van der Waals surface area contributed by atoms with Crippen molar-refractivity contribution in [3.8, 4) is 0 Å². The highest BCUT2D eigenvalue weighted by Gasteiger charge is 2.32.